The summed E-state index contributed by atoms with van der Waals surface area (Å²) >= 11 is 3.11. The van der Waals surface area contributed by atoms with Gasteiger partial charge < -0.3 is 10.1 Å². The first-order valence-electron chi connectivity index (χ1n) is 5.93. The maximum Gasteiger partial charge on any atom is 0.139 e. The van der Waals surface area contributed by atoms with Gasteiger partial charge in [-0.15, -0.1) is 0 Å². The van der Waals surface area contributed by atoms with Gasteiger partial charge in [0.2, 0.25) is 0 Å². The van der Waals surface area contributed by atoms with Crippen LogP contribution in [0.1, 0.15) is 12.0 Å². The Balaban J connectivity index is 1.88. The number of carbonyl (C=O) groups is 1. The molecule has 1 fully saturated rings. The van der Waals surface area contributed by atoms with Gasteiger partial charge in [-0.1, -0.05) is 6.07 Å². The highest BCUT2D eigenvalue weighted by Crippen LogP contribution is 2.18. The lowest BCUT2D eigenvalue weighted by atomic mass is 10.0. The van der Waals surface area contributed by atoms with Gasteiger partial charge in [-0.25, -0.2) is 4.39 Å². The maximum absolute atomic E-state index is 13.0. The molecular weight excluding hydrogens is 301 g/mol. The van der Waals surface area contributed by atoms with Crippen LogP contribution in [0.3, 0.4) is 0 Å². The number of hydrogen-bond acceptors (Lipinski definition) is 3. The second-order valence-electron chi connectivity index (χ2n) is 4.36. The average Bonchev–Trinajstić information content (AvgIpc) is 2.35. The van der Waals surface area contributed by atoms with E-state index in [1.54, 1.807) is 12.1 Å². The number of Topliss-reactive ketones (excluding diaryl/α,β-unsaturated/α-hetero) is 1. The highest BCUT2D eigenvalue weighted by Gasteiger charge is 2.17. The second-order valence-corrected chi connectivity index (χ2v) is 5.22. The number of carbonyl (C=O) groups excluding carboxylic acids is 1. The molecule has 0 bridgehead atoms. The van der Waals surface area contributed by atoms with E-state index in [2.05, 4.69) is 21.2 Å². The fourth-order valence-electron chi connectivity index (χ4n) is 1.95. The number of rotatable bonds is 4. The Labute approximate surface area is 114 Å². The van der Waals surface area contributed by atoms with Gasteiger partial charge in [0.15, 0.2) is 0 Å². The molecule has 98 valence electrons. The highest BCUT2D eigenvalue weighted by molar-refractivity contribution is 9.10. The van der Waals surface area contributed by atoms with Gasteiger partial charge in [-0.2, -0.15) is 0 Å². The van der Waals surface area contributed by atoms with Gasteiger partial charge in [0.05, 0.1) is 17.2 Å². The van der Waals surface area contributed by atoms with Gasteiger partial charge in [0.25, 0.3) is 0 Å². The van der Waals surface area contributed by atoms with Crippen molar-refractivity contribution in [3.8, 4) is 0 Å². The van der Waals surface area contributed by atoms with E-state index in [1.807, 2.05) is 0 Å². The van der Waals surface area contributed by atoms with Gasteiger partial charge >= 0.3 is 0 Å². The molecule has 0 radical (unpaired) electrons. The molecule has 0 aliphatic carbocycles. The Kier molecular flexibility index (Phi) is 4.86. The quantitative estimate of drug-likeness (QED) is 0.924. The molecule has 1 aromatic rings. The number of morpholine rings is 1. The fourth-order valence-corrected chi connectivity index (χ4v) is 2.38. The number of hydrogen-bond donors (Lipinski definition) is 1. The van der Waals surface area contributed by atoms with E-state index in [0.717, 1.165) is 18.7 Å². The molecule has 1 atom stereocenters. The monoisotopic (exact) mass is 315 g/mol. The molecule has 5 heteroatoms. The Morgan fingerprint density at radius 1 is 1.56 bits per heavy atom. The lowest BCUT2D eigenvalue weighted by Crippen LogP contribution is -2.39. The minimum absolute atomic E-state index is 0.0323. The van der Waals surface area contributed by atoms with Crippen LogP contribution in [0.4, 0.5) is 4.39 Å². The van der Waals surface area contributed by atoms with Crippen LogP contribution in [0.15, 0.2) is 22.7 Å². The van der Waals surface area contributed by atoms with Crippen LogP contribution in [0.25, 0.3) is 0 Å². The molecule has 18 heavy (non-hydrogen) atoms. The summed E-state index contributed by atoms with van der Waals surface area (Å²) < 4.78 is 18.9. The molecule has 1 aliphatic rings. The lowest BCUT2D eigenvalue weighted by Gasteiger charge is -2.22. The van der Waals surface area contributed by atoms with Crippen molar-refractivity contribution in [1.82, 2.24) is 5.32 Å². The van der Waals surface area contributed by atoms with E-state index >= 15 is 0 Å². The topological polar surface area (TPSA) is 38.3 Å². The maximum atomic E-state index is 13.0. The molecule has 1 aromatic carbocycles. The van der Waals surface area contributed by atoms with Crippen molar-refractivity contribution >= 4 is 21.7 Å². The Morgan fingerprint density at radius 2 is 2.39 bits per heavy atom. The Hall–Kier alpha value is -0.780. The smallest absolute Gasteiger partial charge is 0.139 e. The predicted molar refractivity (Wildman–Crippen MR) is 70.0 cm³/mol. The fraction of sp³-hybridized carbons (Fsp3) is 0.462. The van der Waals surface area contributed by atoms with E-state index in [4.69, 9.17) is 4.74 Å². The van der Waals surface area contributed by atoms with Crippen molar-refractivity contribution in [2.24, 2.45) is 0 Å². The lowest BCUT2D eigenvalue weighted by molar-refractivity contribution is -0.121. The molecule has 0 saturated carbocycles. The third-order valence-electron chi connectivity index (χ3n) is 2.85. The molecular formula is C13H15BrFNO2. The SMILES string of the molecule is O=C(Cc1ccc(F)c(Br)c1)CC1CNCCO1. The van der Waals surface area contributed by atoms with E-state index in [9.17, 15) is 9.18 Å². The summed E-state index contributed by atoms with van der Waals surface area (Å²) in [4.78, 5) is 11.9. The molecule has 1 aliphatic heterocycles. The zero-order valence-electron chi connectivity index (χ0n) is 9.92. The zero-order chi connectivity index (χ0) is 13.0. The summed E-state index contributed by atoms with van der Waals surface area (Å²) in [6, 6.07) is 4.65. The van der Waals surface area contributed by atoms with Crippen molar-refractivity contribution < 1.29 is 13.9 Å². The first kappa shape index (κ1) is 13.6. The minimum atomic E-state index is -0.314. The van der Waals surface area contributed by atoms with Crippen LogP contribution in [0.2, 0.25) is 0 Å². The van der Waals surface area contributed by atoms with Crippen molar-refractivity contribution in [2.45, 2.75) is 18.9 Å². The van der Waals surface area contributed by atoms with Crippen molar-refractivity contribution in [3.63, 3.8) is 0 Å². The second kappa shape index (κ2) is 6.41. The standard InChI is InChI=1S/C13H15BrFNO2/c14-12-6-9(1-2-13(12)15)5-10(17)7-11-8-16-3-4-18-11/h1-2,6,11,16H,3-5,7-8H2. The van der Waals surface area contributed by atoms with Crippen LogP contribution in [-0.2, 0) is 16.0 Å². The summed E-state index contributed by atoms with van der Waals surface area (Å²) in [7, 11) is 0. The molecule has 0 spiro atoms. The average molecular weight is 316 g/mol. The normalized spacial score (nSPS) is 19.8. The van der Waals surface area contributed by atoms with Crippen molar-refractivity contribution in [3.05, 3.63) is 34.1 Å². The van der Waals surface area contributed by atoms with Crippen molar-refractivity contribution in [1.29, 1.82) is 0 Å². The van der Waals surface area contributed by atoms with E-state index in [1.165, 1.54) is 6.07 Å². The summed E-state index contributed by atoms with van der Waals surface area (Å²) in [5, 5.41) is 3.19. The van der Waals surface area contributed by atoms with Gasteiger partial charge in [0.1, 0.15) is 11.6 Å². The molecule has 1 saturated heterocycles. The summed E-state index contributed by atoms with van der Waals surface area (Å²) in [5.41, 5.74) is 0.817. The molecule has 1 heterocycles. The minimum Gasteiger partial charge on any atom is -0.375 e. The van der Waals surface area contributed by atoms with Crippen LogP contribution < -0.4 is 5.32 Å². The number of nitrogens with one attached hydrogen (secondary N) is 1. The Bertz CT molecular complexity index is 433. The predicted octanol–water partition coefficient (Wildman–Crippen LogP) is 2.08. The van der Waals surface area contributed by atoms with Crippen molar-refractivity contribution in [2.75, 3.05) is 19.7 Å². The number of ether oxygens (including phenoxy) is 1. The third-order valence-corrected chi connectivity index (χ3v) is 3.45. The number of benzene rings is 1. The van der Waals surface area contributed by atoms with E-state index < -0.39 is 0 Å². The zero-order valence-corrected chi connectivity index (χ0v) is 11.5. The summed E-state index contributed by atoms with van der Waals surface area (Å²) in [5.74, 6) is -0.201. The molecule has 2 rings (SSSR count). The van der Waals surface area contributed by atoms with E-state index in [-0.39, 0.29) is 17.7 Å². The van der Waals surface area contributed by atoms with Gasteiger partial charge in [0, 0.05) is 25.9 Å². The van der Waals surface area contributed by atoms with Gasteiger partial charge in [-0.05, 0) is 33.6 Å². The van der Waals surface area contributed by atoms with Crippen LogP contribution >= 0.6 is 15.9 Å². The summed E-state index contributed by atoms with van der Waals surface area (Å²) in [6.07, 6.45) is 0.691. The summed E-state index contributed by atoms with van der Waals surface area (Å²) in [6.45, 7) is 2.22. The molecule has 0 aromatic heterocycles. The third kappa shape index (κ3) is 3.86. The molecule has 1 N–H and O–H groups in total. The molecule has 3 nitrogen and oxygen atoms in total. The largest absolute Gasteiger partial charge is 0.375 e. The molecule has 0 amide bonds. The number of halogens is 2. The number of ketones is 1. The van der Waals surface area contributed by atoms with Gasteiger partial charge in [-0.3, -0.25) is 4.79 Å². The highest BCUT2D eigenvalue weighted by atomic mass is 79.9. The first-order valence-corrected chi connectivity index (χ1v) is 6.72. The Morgan fingerprint density at radius 3 is 3.06 bits per heavy atom. The van der Waals surface area contributed by atoms with Crippen LogP contribution in [0.5, 0.6) is 0 Å². The first-order chi connectivity index (χ1) is 8.65. The van der Waals surface area contributed by atoms with E-state index in [0.29, 0.717) is 23.9 Å². The van der Waals surface area contributed by atoms with Crippen LogP contribution in [0, 0.1) is 5.82 Å². The molecule has 1 unspecified atom stereocenters. The van der Waals surface area contributed by atoms with Crippen LogP contribution in [-0.4, -0.2) is 31.6 Å².